The van der Waals surface area contributed by atoms with E-state index in [4.69, 9.17) is 11.6 Å². The molecule has 1 aliphatic rings. The predicted octanol–water partition coefficient (Wildman–Crippen LogP) is 6.60. The zero-order valence-electron chi connectivity index (χ0n) is 25.0. The summed E-state index contributed by atoms with van der Waals surface area (Å²) in [6.45, 7) is -0.146. The molecule has 3 aromatic carbocycles. The van der Waals surface area contributed by atoms with Gasteiger partial charge in [-0.2, -0.15) is 13.2 Å². The Morgan fingerprint density at radius 2 is 1.62 bits per heavy atom. The maximum atomic E-state index is 14.0. The van der Waals surface area contributed by atoms with E-state index in [2.05, 4.69) is 5.32 Å². The number of nitrogens with one attached hydrogen (secondary N) is 1. The summed E-state index contributed by atoms with van der Waals surface area (Å²) in [5, 5.41) is 3.60. The van der Waals surface area contributed by atoms with Gasteiger partial charge in [-0.05, 0) is 60.7 Å². The first-order chi connectivity index (χ1) is 21.3. The molecule has 0 radical (unpaired) electrons. The highest BCUT2D eigenvalue weighted by atomic mass is 35.5. The van der Waals surface area contributed by atoms with Gasteiger partial charge in [0.15, 0.2) is 0 Å². The van der Waals surface area contributed by atoms with Crippen molar-refractivity contribution in [2.24, 2.45) is 0 Å². The van der Waals surface area contributed by atoms with Crippen LogP contribution in [0, 0.1) is 0 Å². The average Bonchev–Trinajstić information content (AvgIpc) is 3.49. The summed E-state index contributed by atoms with van der Waals surface area (Å²) in [5.41, 5.74) is 0.452. The van der Waals surface area contributed by atoms with Crippen molar-refractivity contribution in [1.82, 2.24) is 10.2 Å². The average molecular weight is 664 g/mol. The molecule has 0 bridgehead atoms. The number of anilines is 1. The maximum absolute atomic E-state index is 14.0. The van der Waals surface area contributed by atoms with E-state index in [0.29, 0.717) is 10.6 Å². The molecule has 12 heteroatoms. The lowest BCUT2D eigenvalue weighted by atomic mass is 10.0. The van der Waals surface area contributed by atoms with Crippen LogP contribution in [0.2, 0.25) is 5.02 Å². The van der Waals surface area contributed by atoms with Crippen LogP contribution in [0.25, 0.3) is 0 Å². The lowest BCUT2D eigenvalue weighted by Gasteiger charge is -2.33. The number of halogens is 4. The number of hydrogen-bond donors (Lipinski definition) is 1. The van der Waals surface area contributed by atoms with Gasteiger partial charge in [0.2, 0.25) is 21.8 Å². The Morgan fingerprint density at radius 3 is 2.27 bits per heavy atom. The van der Waals surface area contributed by atoms with E-state index in [-0.39, 0.29) is 50.0 Å². The number of nitrogens with zero attached hydrogens (tertiary/aromatic N) is 2. The summed E-state index contributed by atoms with van der Waals surface area (Å²) >= 11 is 6.24. The van der Waals surface area contributed by atoms with Gasteiger partial charge in [0, 0.05) is 37.0 Å². The third-order valence-electron chi connectivity index (χ3n) is 7.83. The number of sulfonamides is 1. The number of hydrogen-bond acceptors (Lipinski definition) is 4. The molecule has 0 heterocycles. The van der Waals surface area contributed by atoms with Crippen molar-refractivity contribution in [2.45, 2.75) is 69.8 Å². The molecule has 1 aliphatic carbocycles. The van der Waals surface area contributed by atoms with Crippen LogP contribution in [0.1, 0.15) is 55.2 Å². The molecule has 0 aliphatic heterocycles. The minimum absolute atomic E-state index is 0.0104. The molecule has 242 valence electrons. The Morgan fingerprint density at radius 1 is 0.956 bits per heavy atom. The number of alkyl halides is 3. The normalized spacial score (nSPS) is 14.6. The number of benzene rings is 3. The maximum Gasteiger partial charge on any atom is 0.416 e. The molecule has 1 atom stereocenters. The van der Waals surface area contributed by atoms with Gasteiger partial charge in [-0.15, -0.1) is 0 Å². The molecule has 7 nitrogen and oxygen atoms in total. The molecule has 1 saturated carbocycles. The zero-order chi connectivity index (χ0) is 32.6. The van der Waals surface area contributed by atoms with Crippen molar-refractivity contribution < 1.29 is 31.2 Å². The van der Waals surface area contributed by atoms with Gasteiger partial charge >= 0.3 is 6.18 Å². The van der Waals surface area contributed by atoms with E-state index in [9.17, 15) is 31.2 Å². The summed E-state index contributed by atoms with van der Waals surface area (Å²) in [6, 6.07) is 19.6. The largest absolute Gasteiger partial charge is 0.416 e. The van der Waals surface area contributed by atoms with Crippen LogP contribution in [-0.2, 0) is 38.8 Å². The van der Waals surface area contributed by atoms with E-state index in [0.717, 1.165) is 60.0 Å². The van der Waals surface area contributed by atoms with E-state index in [1.807, 2.05) is 30.3 Å². The summed E-state index contributed by atoms with van der Waals surface area (Å²) in [7, 11) is -3.97. The van der Waals surface area contributed by atoms with Crippen LogP contribution < -0.4 is 9.62 Å². The minimum Gasteiger partial charge on any atom is -0.352 e. The van der Waals surface area contributed by atoms with Crippen molar-refractivity contribution in [3.8, 4) is 0 Å². The van der Waals surface area contributed by atoms with Crippen molar-refractivity contribution in [3.05, 3.63) is 101 Å². The second kappa shape index (κ2) is 15.1. The molecule has 0 unspecified atom stereocenters. The molecule has 0 spiro atoms. The van der Waals surface area contributed by atoms with Crippen LogP contribution in [0.3, 0.4) is 0 Å². The Balaban J connectivity index is 1.59. The smallest absolute Gasteiger partial charge is 0.352 e. The summed E-state index contributed by atoms with van der Waals surface area (Å²) in [4.78, 5) is 29.3. The fourth-order valence-electron chi connectivity index (χ4n) is 5.59. The van der Waals surface area contributed by atoms with Crippen LogP contribution in [0.15, 0.2) is 78.9 Å². The zero-order valence-corrected chi connectivity index (χ0v) is 26.5. The molecule has 2 amide bonds. The van der Waals surface area contributed by atoms with Crippen molar-refractivity contribution in [3.63, 3.8) is 0 Å². The fraction of sp³-hybridized carbons (Fsp3) is 0.394. The van der Waals surface area contributed by atoms with E-state index < -0.39 is 33.7 Å². The van der Waals surface area contributed by atoms with Crippen molar-refractivity contribution in [1.29, 1.82) is 0 Å². The predicted molar refractivity (Wildman–Crippen MR) is 169 cm³/mol. The lowest BCUT2D eigenvalue weighted by Crippen LogP contribution is -2.52. The molecule has 1 N–H and O–H groups in total. The summed E-state index contributed by atoms with van der Waals surface area (Å²) < 4.78 is 66.1. The number of amides is 2. The molecular formula is C33H37ClF3N3O4S. The number of carbonyl (C=O) groups excluding carboxylic acids is 2. The van der Waals surface area contributed by atoms with Crippen LogP contribution in [0.5, 0.6) is 0 Å². The van der Waals surface area contributed by atoms with Crippen molar-refractivity contribution in [2.75, 3.05) is 17.1 Å². The quantitative estimate of drug-likeness (QED) is 0.223. The number of carbonyl (C=O) groups is 2. The minimum atomic E-state index is -4.65. The Labute approximate surface area is 267 Å². The monoisotopic (exact) mass is 663 g/mol. The third kappa shape index (κ3) is 9.96. The third-order valence-corrected chi connectivity index (χ3v) is 9.26. The van der Waals surface area contributed by atoms with Gasteiger partial charge in [0.25, 0.3) is 0 Å². The molecule has 0 saturated heterocycles. The highest BCUT2D eigenvalue weighted by Crippen LogP contribution is 2.32. The first-order valence-corrected chi connectivity index (χ1v) is 17.1. The van der Waals surface area contributed by atoms with E-state index >= 15 is 0 Å². The summed E-state index contributed by atoms with van der Waals surface area (Å²) in [5.74, 6) is -0.669. The van der Waals surface area contributed by atoms with Gasteiger partial charge in [-0.3, -0.25) is 13.9 Å². The van der Waals surface area contributed by atoms with Gasteiger partial charge in [0.1, 0.15) is 6.04 Å². The van der Waals surface area contributed by atoms with Crippen LogP contribution in [0.4, 0.5) is 18.9 Å². The van der Waals surface area contributed by atoms with E-state index in [1.165, 1.54) is 11.0 Å². The Hall–Kier alpha value is -3.57. The SMILES string of the molecule is CS(=O)(=O)N(CCCC(=O)N(Cc1cccc(Cl)c1)[C@@H](Cc1ccccc1)C(=O)NC1CCCC1)c1cccc(C(F)(F)F)c1. The second-order valence-electron chi connectivity index (χ2n) is 11.3. The Bertz CT molecular complexity index is 1560. The topological polar surface area (TPSA) is 86.8 Å². The van der Waals surface area contributed by atoms with Gasteiger partial charge in [-0.1, -0.05) is 73.0 Å². The molecule has 3 aromatic rings. The first-order valence-electron chi connectivity index (χ1n) is 14.8. The van der Waals surface area contributed by atoms with Crippen LogP contribution >= 0.6 is 11.6 Å². The first kappa shape index (κ1) is 34.3. The highest BCUT2D eigenvalue weighted by molar-refractivity contribution is 7.92. The standard InChI is InChI=1S/C33H37ClF3N3O4S/c1-45(43,44)40(29-17-8-13-26(22-29)33(35,36)37)19-9-18-31(41)39(23-25-12-7-14-27(34)20-25)30(21-24-10-3-2-4-11-24)32(42)38-28-15-5-6-16-28/h2-4,7-8,10-14,17,20,22,28,30H,5-6,9,15-16,18-19,21,23H2,1H3,(H,38,42)/t30-/m0/s1. The molecule has 1 fully saturated rings. The van der Waals surface area contributed by atoms with Crippen molar-refractivity contribution >= 4 is 39.1 Å². The molecular weight excluding hydrogens is 627 g/mol. The fourth-order valence-corrected chi connectivity index (χ4v) is 6.76. The molecule has 4 rings (SSSR count). The number of rotatable bonds is 13. The molecule has 45 heavy (non-hydrogen) atoms. The van der Waals surface area contributed by atoms with E-state index in [1.54, 1.807) is 24.3 Å². The van der Waals surface area contributed by atoms with Gasteiger partial charge in [0.05, 0.1) is 17.5 Å². The summed E-state index contributed by atoms with van der Waals surface area (Å²) in [6.07, 6.45) is 0.137. The molecule has 0 aromatic heterocycles. The van der Waals surface area contributed by atoms with Gasteiger partial charge in [-0.25, -0.2) is 8.42 Å². The lowest BCUT2D eigenvalue weighted by molar-refractivity contribution is -0.141. The second-order valence-corrected chi connectivity index (χ2v) is 13.7. The van der Waals surface area contributed by atoms with Crippen LogP contribution in [-0.4, -0.2) is 50.0 Å². The Kier molecular flexibility index (Phi) is 11.5. The van der Waals surface area contributed by atoms with Gasteiger partial charge < -0.3 is 10.2 Å². The highest BCUT2D eigenvalue weighted by Gasteiger charge is 2.33.